The molecule has 12 saturated heterocycles. The summed E-state index contributed by atoms with van der Waals surface area (Å²) >= 11 is 0. The SMILES string of the molecule is CC1(C)OB(C2CCCC2)OC1(C)C.CC1(C)OB(C2CCCN2C(=O)[C@@H](N)CN2C[C@@H]3CC2C(=O)N3Cc2cccc(F)c2)OC1(C)C.C[C@@H](CN1C[C@@H]2CC1C(=O)N2Cc1cccc(F)c1)C(=O)N1CCCC1B1OC(C)(C)C(C)(C)O1.N[C@@H](CN1C[C@@H]2CC1C(=O)N2Cc1cccc(F)c1)C(=O)N1CCCC1B(O)O. The molecule has 3 aromatic carbocycles. The van der Waals surface area contributed by atoms with Gasteiger partial charge < -0.3 is 78.8 Å². The Kier molecular flexibility index (Phi) is 25.1. The van der Waals surface area contributed by atoms with Gasteiger partial charge in [-0.1, -0.05) is 69.0 Å². The Morgan fingerprint density at radius 3 is 1.12 bits per heavy atom. The second kappa shape index (κ2) is 33.4. The summed E-state index contributed by atoms with van der Waals surface area (Å²) < 4.78 is 77.6. The standard InChI is InChI=1S/C26H37BFN3O4.C25H36BFN4O4.C19H26BFN4O4.C11H21BO2/c1-17(23(32)30-11-7-10-22(30)27-34-25(2,3)26(4,5)35-27)14-29-16-20-13-21(29)24(33)31(20)15-18-8-6-9-19(28)12-18;1-24(2)25(3,4)35-26(34-24)21-9-6-10-30(21)22(32)19(28)15-29-14-18-12-20(29)23(33)31(18)13-16-7-5-8-17(27)11-16;21-13-4-1-3-12(7-13)9-25-14-8-16(19(25)27)23(10-14)11-15(22)18(26)24-6-2-5-17(24)20(28)29;1-10(2)11(3,4)14-12(13-10)9-7-5-6-8-9/h6,8-9,12,17,20-22H,7,10-11,13-16H2,1-5H3;5,7-8,11,18-21H,6,9-10,12-15,28H2,1-4H3;1,3-4,7,14-17,28-29H,2,5-6,8-11,22H2;9H,5-8H2,1-4H3/t17-,20-,21?,22?;18-,19-,20?,21?;14-,15-,16?,17?;/m000./s1. The topological polar surface area (TPSA) is 279 Å². The first-order valence-electron chi connectivity index (χ1n) is 41.4. The number of rotatable bonds is 19. The Labute approximate surface area is 666 Å². The number of halogens is 3. The number of fused-ring (bicyclic) bond motifs is 6. The van der Waals surface area contributed by atoms with Crippen LogP contribution in [-0.2, 0) is 76.3 Å². The average molecular weight is 1570 g/mol. The Bertz CT molecular complexity index is 3760. The lowest BCUT2D eigenvalue weighted by Crippen LogP contribution is -2.57. The number of benzene rings is 3. The first-order chi connectivity index (χ1) is 53.2. The molecule has 6 amide bonds. The van der Waals surface area contributed by atoms with Gasteiger partial charge >= 0.3 is 28.5 Å². The van der Waals surface area contributed by atoms with Crippen LogP contribution in [0.1, 0.15) is 190 Å². The van der Waals surface area contributed by atoms with E-state index in [-0.39, 0.29) is 132 Å². The lowest BCUT2D eigenvalue weighted by atomic mass is 9.71. The molecular weight excluding hydrogens is 1450 g/mol. The van der Waals surface area contributed by atoms with Crippen molar-refractivity contribution >= 4 is 63.9 Å². The molecular formula is C81H120B4F3N11O14. The maximum Gasteiger partial charge on any atom is 0.482 e. The molecule has 6 bridgehead atoms. The molecule has 0 aromatic heterocycles. The summed E-state index contributed by atoms with van der Waals surface area (Å²) in [7, 11) is -2.42. The van der Waals surface area contributed by atoms with Crippen LogP contribution in [-0.4, -0.2) is 277 Å². The van der Waals surface area contributed by atoms with E-state index in [1.807, 2.05) is 104 Å². The highest BCUT2D eigenvalue weighted by Crippen LogP contribution is 2.47. The van der Waals surface area contributed by atoms with E-state index in [1.165, 1.54) is 67.0 Å². The average Bonchev–Trinajstić information content (AvgIpc) is 1.61. The van der Waals surface area contributed by atoms with Crippen LogP contribution in [0.2, 0.25) is 5.82 Å². The fourth-order valence-electron chi connectivity index (χ4n) is 19.2. The first-order valence-corrected chi connectivity index (χ1v) is 41.4. The van der Waals surface area contributed by atoms with Crippen LogP contribution >= 0.6 is 0 Å². The molecule has 1 saturated carbocycles. The number of amides is 6. The summed E-state index contributed by atoms with van der Waals surface area (Å²) in [4.78, 5) is 95.3. The second-order valence-corrected chi connectivity index (χ2v) is 37.0. The Morgan fingerprint density at radius 2 is 0.779 bits per heavy atom. The van der Waals surface area contributed by atoms with E-state index in [2.05, 4.69) is 32.6 Å². The smallest absolute Gasteiger partial charge is 0.426 e. The highest BCUT2D eigenvalue weighted by Gasteiger charge is 2.60. The number of hydrogen-bond donors (Lipinski definition) is 4. The van der Waals surface area contributed by atoms with Gasteiger partial charge in [-0.3, -0.25) is 43.5 Å². The summed E-state index contributed by atoms with van der Waals surface area (Å²) in [5, 5.41) is 18.9. The molecule has 616 valence electrons. The third-order valence-corrected chi connectivity index (χ3v) is 27.6. The second-order valence-electron chi connectivity index (χ2n) is 37.0. The number of piperazine rings is 3. The maximum atomic E-state index is 13.6. The zero-order chi connectivity index (χ0) is 81.3. The lowest BCUT2D eigenvalue weighted by molar-refractivity contribution is -0.141. The van der Waals surface area contributed by atoms with Crippen LogP contribution in [0.5, 0.6) is 0 Å². The van der Waals surface area contributed by atoms with Crippen molar-refractivity contribution in [2.45, 2.75) is 299 Å². The van der Waals surface area contributed by atoms with Gasteiger partial charge in [-0.05, 0) is 200 Å². The number of nitrogens with zero attached hydrogens (tertiary/aromatic N) is 9. The van der Waals surface area contributed by atoms with Gasteiger partial charge in [-0.25, -0.2) is 13.2 Å². The molecule has 12 aliphatic heterocycles. The third-order valence-electron chi connectivity index (χ3n) is 27.6. The van der Waals surface area contributed by atoms with Crippen LogP contribution < -0.4 is 11.5 Å². The zero-order valence-electron chi connectivity index (χ0n) is 68.5. The number of carbonyl (C=O) groups is 6. The van der Waals surface area contributed by atoms with Gasteiger partial charge in [0.2, 0.25) is 35.4 Å². The van der Waals surface area contributed by atoms with E-state index in [0.29, 0.717) is 90.5 Å². The number of carbonyl (C=O) groups excluding carboxylic acids is 6. The molecule has 32 heteroatoms. The summed E-state index contributed by atoms with van der Waals surface area (Å²) in [6.07, 6.45) is 12.2. The predicted molar refractivity (Wildman–Crippen MR) is 422 cm³/mol. The Morgan fingerprint density at radius 1 is 0.460 bits per heavy atom. The van der Waals surface area contributed by atoms with Crippen molar-refractivity contribution in [2.75, 3.05) is 58.9 Å². The van der Waals surface area contributed by atoms with Crippen molar-refractivity contribution < 1.29 is 79.9 Å². The molecule has 3 aromatic rings. The predicted octanol–water partition coefficient (Wildman–Crippen LogP) is 6.39. The van der Waals surface area contributed by atoms with Crippen LogP contribution in [0.4, 0.5) is 13.2 Å². The van der Waals surface area contributed by atoms with Crippen LogP contribution in [0.25, 0.3) is 0 Å². The molecule has 0 radical (unpaired) electrons. The highest BCUT2D eigenvalue weighted by atomic mass is 19.1. The minimum Gasteiger partial charge on any atom is -0.426 e. The summed E-state index contributed by atoms with van der Waals surface area (Å²) in [5.74, 6) is -1.57. The van der Waals surface area contributed by atoms with Crippen molar-refractivity contribution in [3.05, 3.63) is 107 Å². The molecule has 16 rings (SSSR count). The van der Waals surface area contributed by atoms with Crippen LogP contribution in [0.3, 0.4) is 0 Å². The van der Waals surface area contributed by atoms with E-state index < -0.39 is 61.8 Å². The molecule has 13 aliphatic rings. The lowest BCUT2D eigenvalue weighted by Gasteiger charge is -2.36. The van der Waals surface area contributed by atoms with E-state index >= 15 is 0 Å². The number of nitrogens with two attached hydrogens (primary N) is 2. The van der Waals surface area contributed by atoms with Crippen LogP contribution in [0, 0.1) is 23.4 Å². The van der Waals surface area contributed by atoms with Gasteiger partial charge in [0.15, 0.2) is 0 Å². The summed E-state index contributed by atoms with van der Waals surface area (Å²) in [5.41, 5.74) is 12.8. The van der Waals surface area contributed by atoms with E-state index in [4.69, 9.17) is 39.4 Å². The van der Waals surface area contributed by atoms with Gasteiger partial charge in [0, 0.05) is 103 Å². The minimum absolute atomic E-state index is 0.0185. The van der Waals surface area contributed by atoms with Crippen molar-refractivity contribution in [3.63, 3.8) is 0 Å². The quantitative estimate of drug-likeness (QED) is 0.0946. The summed E-state index contributed by atoms with van der Waals surface area (Å²) in [6.45, 7) is 32.9. The van der Waals surface area contributed by atoms with Gasteiger partial charge in [0.1, 0.15) is 17.5 Å². The fourth-order valence-corrected chi connectivity index (χ4v) is 19.2. The molecule has 6 N–H and O–H groups in total. The highest BCUT2D eigenvalue weighted by molar-refractivity contribution is 6.49. The molecule has 0 spiro atoms. The van der Waals surface area contributed by atoms with Crippen molar-refractivity contribution in [2.24, 2.45) is 17.4 Å². The fraction of sp³-hybridized carbons (Fsp3) is 0.704. The third kappa shape index (κ3) is 17.8. The Balaban J connectivity index is 0.000000137. The van der Waals surface area contributed by atoms with Gasteiger partial charge in [0.05, 0.1) is 81.6 Å². The van der Waals surface area contributed by atoms with Gasteiger partial charge in [-0.15, -0.1) is 0 Å². The van der Waals surface area contributed by atoms with E-state index in [0.717, 1.165) is 61.8 Å². The molecule has 12 atom stereocenters. The van der Waals surface area contributed by atoms with E-state index in [9.17, 15) is 52.0 Å². The van der Waals surface area contributed by atoms with Crippen LogP contribution in [0.15, 0.2) is 72.8 Å². The molecule has 12 heterocycles. The summed E-state index contributed by atoms with van der Waals surface area (Å²) in [6, 6.07) is 16.9. The van der Waals surface area contributed by atoms with Crippen molar-refractivity contribution in [1.29, 1.82) is 0 Å². The monoisotopic (exact) mass is 1570 g/mol. The Hall–Kier alpha value is -5.99. The van der Waals surface area contributed by atoms with Gasteiger partial charge in [-0.2, -0.15) is 0 Å². The number of likely N-dealkylation sites (tertiary alicyclic amines) is 9. The number of hydrogen-bond acceptors (Lipinski definition) is 19. The largest absolute Gasteiger partial charge is 0.482 e. The van der Waals surface area contributed by atoms with Crippen molar-refractivity contribution in [1.82, 2.24) is 44.1 Å². The van der Waals surface area contributed by atoms with Gasteiger partial charge in [0.25, 0.3) is 0 Å². The maximum absolute atomic E-state index is 13.6. The first kappa shape index (κ1) is 84.9. The molecule has 6 unspecified atom stereocenters. The molecule has 1 aliphatic carbocycles. The van der Waals surface area contributed by atoms with E-state index in [1.54, 1.807) is 29.2 Å². The zero-order valence-corrected chi connectivity index (χ0v) is 68.5. The van der Waals surface area contributed by atoms with Crippen molar-refractivity contribution in [3.8, 4) is 0 Å². The minimum atomic E-state index is -1.57. The molecule has 13 fully saturated rings. The molecule has 113 heavy (non-hydrogen) atoms. The molecule has 25 nitrogen and oxygen atoms in total. The normalized spacial score (nSPS) is 29.9.